The molecule has 1 aromatic rings. The zero-order chi connectivity index (χ0) is 8.27. The molecular formula is C7H11BrN2S. The van der Waals surface area contributed by atoms with Crippen LogP contribution in [0.1, 0.15) is 17.3 Å². The zero-order valence-corrected chi connectivity index (χ0v) is 8.49. The largest absolute Gasteiger partial charge is 0.330 e. The van der Waals surface area contributed by atoms with Gasteiger partial charge in [0.2, 0.25) is 0 Å². The highest BCUT2D eigenvalue weighted by molar-refractivity contribution is 9.10. The number of hydrogen-bond acceptors (Lipinski definition) is 3. The van der Waals surface area contributed by atoms with Gasteiger partial charge >= 0.3 is 0 Å². The molecule has 0 saturated carbocycles. The normalized spacial score (nSPS) is 13.4. The van der Waals surface area contributed by atoms with Crippen LogP contribution in [0.25, 0.3) is 0 Å². The van der Waals surface area contributed by atoms with Crippen molar-refractivity contribution in [3.63, 3.8) is 0 Å². The lowest BCUT2D eigenvalue weighted by Crippen LogP contribution is -2.13. The Hall–Kier alpha value is 0.1000. The van der Waals surface area contributed by atoms with Crippen LogP contribution in [-0.2, 0) is 0 Å². The molecule has 1 rings (SSSR count). The first kappa shape index (κ1) is 9.19. The third kappa shape index (κ3) is 2.56. The number of hydrogen-bond donors (Lipinski definition) is 2. The Labute approximate surface area is 78.7 Å². The molecule has 0 spiro atoms. The van der Waals surface area contributed by atoms with Crippen LogP contribution in [0.4, 0.5) is 0 Å². The summed E-state index contributed by atoms with van der Waals surface area (Å²) >= 11 is 5.05. The maximum Gasteiger partial charge on any atom is 0.0402 e. The van der Waals surface area contributed by atoms with E-state index in [9.17, 15) is 0 Å². The average Bonchev–Trinajstić information content (AvgIpc) is 2.36. The summed E-state index contributed by atoms with van der Waals surface area (Å²) in [5, 5.41) is 2.03. The second-order valence-electron chi connectivity index (χ2n) is 2.35. The fourth-order valence-electron chi connectivity index (χ4n) is 0.845. The summed E-state index contributed by atoms with van der Waals surface area (Å²) < 4.78 is 1.10. The van der Waals surface area contributed by atoms with Crippen molar-refractivity contribution in [1.29, 1.82) is 0 Å². The smallest absolute Gasteiger partial charge is 0.0402 e. The highest BCUT2D eigenvalue weighted by Crippen LogP contribution is 2.25. The quantitative estimate of drug-likeness (QED) is 0.840. The second kappa shape index (κ2) is 4.21. The number of nitrogens with two attached hydrogens (primary N) is 2. The van der Waals surface area contributed by atoms with Gasteiger partial charge < -0.3 is 11.5 Å². The van der Waals surface area contributed by atoms with Crippen molar-refractivity contribution in [2.24, 2.45) is 11.5 Å². The van der Waals surface area contributed by atoms with Gasteiger partial charge in [0.25, 0.3) is 0 Å². The molecular weight excluding hydrogens is 224 g/mol. The molecule has 0 aliphatic rings. The molecule has 1 unspecified atom stereocenters. The van der Waals surface area contributed by atoms with Crippen molar-refractivity contribution in [2.75, 3.05) is 6.54 Å². The van der Waals surface area contributed by atoms with E-state index >= 15 is 0 Å². The predicted octanol–water partition coefficient (Wildman–Crippen LogP) is 1.86. The summed E-state index contributed by atoms with van der Waals surface area (Å²) in [6.45, 7) is 0.649. The number of halogens is 1. The standard InChI is InChI=1S/C7H11BrN2S/c8-5-3-7(11-4-5)6(10)1-2-9/h3-4,6H,1-2,9-10H2. The van der Waals surface area contributed by atoms with Crippen molar-refractivity contribution >= 4 is 27.3 Å². The van der Waals surface area contributed by atoms with Crippen molar-refractivity contribution in [2.45, 2.75) is 12.5 Å². The minimum atomic E-state index is 0.108. The molecule has 1 aromatic heterocycles. The van der Waals surface area contributed by atoms with Crippen LogP contribution in [-0.4, -0.2) is 6.54 Å². The Bertz CT molecular complexity index is 224. The maximum absolute atomic E-state index is 5.83. The van der Waals surface area contributed by atoms with Gasteiger partial charge in [-0.1, -0.05) is 0 Å². The fourth-order valence-corrected chi connectivity index (χ4v) is 2.33. The van der Waals surface area contributed by atoms with Gasteiger partial charge in [0, 0.05) is 20.8 Å². The van der Waals surface area contributed by atoms with Crippen LogP contribution in [0.5, 0.6) is 0 Å². The molecule has 0 amide bonds. The minimum absolute atomic E-state index is 0.108. The Morgan fingerprint density at radius 1 is 1.64 bits per heavy atom. The molecule has 0 aliphatic carbocycles. The van der Waals surface area contributed by atoms with Gasteiger partial charge in [-0.2, -0.15) is 0 Å². The van der Waals surface area contributed by atoms with Gasteiger partial charge in [-0.05, 0) is 35.0 Å². The van der Waals surface area contributed by atoms with Crippen molar-refractivity contribution in [3.8, 4) is 0 Å². The van der Waals surface area contributed by atoms with Crippen LogP contribution < -0.4 is 11.5 Å². The third-order valence-electron chi connectivity index (χ3n) is 1.43. The summed E-state index contributed by atoms with van der Waals surface area (Å²) in [5.74, 6) is 0. The van der Waals surface area contributed by atoms with Crippen LogP contribution in [0.3, 0.4) is 0 Å². The molecule has 0 bridgehead atoms. The molecule has 1 atom stereocenters. The summed E-state index contributed by atoms with van der Waals surface area (Å²) in [4.78, 5) is 1.20. The molecule has 4 N–H and O–H groups in total. The lowest BCUT2D eigenvalue weighted by atomic mass is 10.2. The van der Waals surface area contributed by atoms with Crippen LogP contribution >= 0.6 is 27.3 Å². The van der Waals surface area contributed by atoms with E-state index in [-0.39, 0.29) is 6.04 Å². The molecule has 4 heteroatoms. The van der Waals surface area contributed by atoms with E-state index in [0.717, 1.165) is 10.9 Å². The third-order valence-corrected chi connectivity index (χ3v) is 3.26. The molecule has 0 aliphatic heterocycles. The molecule has 62 valence electrons. The van der Waals surface area contributed by atoms with E-state index in [1.165, 1.54) is 4.88 Å². The Morgan fingerprint density at radius 3 is 2.82 bits per heavy atom. The zero-order valence-electron chi connectivity index (χ0n) is 6.09. The summed E-state index contributed by atoms with van der Waals surface area (Å²) in [6.07, 6.45) is 0.854. The van der Waals surface area contributed by atoms with Crippen LogP contribution in [0, 0.1) is 0 Å². The predicted molar refractivity (Wildman–Crippen MR) is 52.6 cm³/mol. The minimum Gasteiger partial charge on any atom is -0.330 e. The topological polar surface area (TPSA) is 52.0 Å². The molecule has 11 heavy (non-hydrogen) atoms. The second-order valence-corrected chi connectivity index (χ2v) is 4.21. The molecule has 0 fully saturated rings. The fraction of sp³-hybridized carbons (Fsp3) is 0.429. The molecule has 0 aromatic carbocycles. The first-order chi connectivity index (χ1) is 5.24. The van der Waals surface area contributed by atoms with E-state index in [4.69, 9.17) is 11.5 Å². The van der Waals surface area contributed by atoms with Crippen LogP contribution in [0.2, 0.25) is 0 Å². The van der Waals surface area contributed by atoms with E-state index < -0.39 is 0 Å². The highest BCUT2D eigenvalue weighted by atomic mass is 79.9. The lowest BCUT2D eigenvalue weighted by molar-refractivity contribution is 0.672. The van der Waals surface area contributed by atoms with Crippen molar-refractivity contribution in [3.05, 3.63) is 20.8 Å². The SMILES string of the molecule is NCCC(N)c1cc(Br)cs1. The van der Waals surface area contributed by atoms with E-state index in [2.05, 4.69) is 15.9 Å². The van der Waals surface area contributed by atoms with E-state index in [1.54, 1.807) is 11.3 Å². The Morgan fingerprint density at radius 2 is 2.36 bits per heavy atom. The first-order valence-electron chi connectivity index (χ1n) is 3.43. The summed E-state index contributed by atoms with van der Waals surface area (Å²) in [7, 11) is 0. The molecule has 0 saturated heterocycles. The number of rotatable bonds is 3. The van der Waals surface area contributed by atoms with Crippen molar-refractivity contribution < 1.29 is 0 Å². The van der Waals surface area contributed by atoms with Crippen molar-refractivity contribution in [1.82, 2.24) is 0 Å². The van der Waals surface area contributed by atoms with Gasteiger partial charge in [0.1, 0.15) is 0 Å². The van der Waals surface area contributed by atoms with Gasteiger partial charge in [-0.25, -0.2) is 0 Å². The monoisotopic (exact) mass is 234 g/mol. The average molecular weight is 235 g/mol. The lowest BCUT2D eigenvalue weighted by Gasteiger charge is -2.05. The Balaban J connectivity index is 2.60. The highest BCUT2D eigenvalue weighted by Gasteiger charge is 2.06. The molecule has 2 nitrogen and oxygen atoms in total. The van der Waals surface area contributed by atoms with Gasteiger partial charge in [-0.3, -0.25) is 0 Å². The summed E-state index contributed by atoms with van der Waals surface area (Å²) in [5.41, 5.74) is 11.2. The van der Waals surface area contributed by atoms with Crippen LogP contribution in [0.15, 0.2) is 15.9 Å². The van der Waals surface area contributed by atoms with E-state index in [1.807, 2.05) is 11.4 Å². The van der Waals surface area contributed by atoms with E-state index in [0.29, 0.717) is 6.54 Å². The van der Waals surface area contributed by atoms with Gasteiger partial charge in [0.05, 0.1) is 0 Å². The first-order valence-corrected chi connectivity index (χ1v) is 5.11. The molecule has 0 radical (unpaired) electrons. The molecule has 1 heterocycles. The number of thiophene rings is 1. The van der Waals surface area contributed by atoms with Gasteiger partial charge in [-0.15, -0.1) is 11.3 Å². The maximum atomic E-state index is 5.83. The summed E-state index contributed by atoms with van der Waals surface area (Å²) in [6, 6.07) is 2.15. The van der Waals surface area contributed by atoms with Gasteiger partial charge in [0.15, 0.2) is 0 Å². The Kier molecular flexibility index (Phi) is 3.51.